The van der Waals surface area contributed by atoms with Gasteiger partial charge in [-0.3, -0.25) is 0 Å². The van der Waals surface area contributed by atoms with E-state index in [1.165, 1.54) is 13.3 Å². The highest BCUT2D eigenvalue weighted by molar-refractivity contribution is 5.52. The SMILES string of the molecule is COc1nc(C(C)C)c(Oc2cnc(N)nc2N)cc1C#N. The van der Waals surface area contributed by atoms with E-state index in [4.69, 9.17) is 26.2 Å². The Morgan fingerprint density at radius 3 is 2.50 bits per heavy atom. The van der Waals surface area contributed by atoms with E-state index in [2.05, 4.69) is 15.0 Å². The summed E-state index contributed by atoms with van der Waals surface area (Å²) in [5.74, 6) is 1.10. The topological polar surface area (TPSA) is 133 Å². The predicted octanol–water partition coefficient (Wildman–Crippen LogP) is 1.83. The average molecular weight is 300 g/mol. The number of anilines is 2. The van der Waals surface area contributed by atoms with Crippen molar-refractivity contribution in [3.8, 4) is 23.4 Å². The lowest BCUT2D eigenvalue weighted by Gasteiger charge is -2.15. The molecular weight excluding hydrogens is 284 g/mol. The predicted molar refractivity (Wildman–Crippen MR) is 80.5 cm³/mol. The largest absolute Gasteiger partial charge is 0.480 e. The van der Waals surface area contributed by atoms with Crippen molar-refractivity contribution in [3.05, 3.63) is 23.5 Å². The summed E-state index contributed by atoms with van der Waals surface area (Å²) in [6.07, 6.45) is 1.37. The second kappa shape index (κ2) is 6.13. The molecule has 114 valence electrons. The smallest absolute Gasteiger partial charge is 0.231 e. The van der Waals surface area contributed by atoms with Crippen molar-refractivity contribution in [1.29, 1.82) is 5.26 Å². The van der Waals surface area contributed by atoms with E-state index < -0.39 is 0 Å². The van der Waals surface area contributed by atoms with Gasteiger partial charge in [0.15, 0.2) is 17.3 Å². The van der Waals surface area contributed by atoms with Crippen LogP contribution in [0.1, 0.15) is 31.0 Å². The van der Waals surface area contributed by atoms with Gasteiger partial charge in [0, 0.05) is 6.07 Å². The Morgan fingerprint density at radius 1 is 1.23 bits per heavy atom. The fraction of sp³-hybridized carbons (Fsp3) is 0.286. The number of nitrogens with two attached hydrogens (primary N) is 2. The maximum atomic E-state index is 9.17. The third-order valence-electron chi connectivity index (χ3n) is 2.86. The summed E-state index contributed by atoms with van der Waals surface area (Å²) in [6.45, 7) is 3.90. The molecule has 22 heavy (non-hydrogen) atoms. The van der Waals surface area contributed by atoms with Crippen LogP contribution in [-0.2, 0) is 0 Å². The first kappa shape index (κ1) is 15.3. The van der Waals surface area contributed by atoms with Crippen LogP contribution in [0.2, 0.25) is 0 Å². The molecule has 0 fully saturated rings. The van der Waals surface area contributed by atoms with Gasteiger partial charge in [0.25, 0.3) is 0 Å². The summed E-state index contributed by atoms with van der Waals surface area (Å²) in [7, 11) is 1.46. The molecule has 8 heteroatoms. The zero-order valence-corrected chi connectivity index (χ0v) is 12.5. The Hall–Kier alpha value is -3.08. The van der Waals surface area contributed by atoms with Crippen molar-refractivity contribution in [3.63, 3.8) is 0 Å². The Kier molecular flexibility index (Phi) is 4.27. The van der Waals surface area contributed by atoms with Crippen molar-refractivity contribution in [2.45, 2.75) is 19.8 Å². The second-order valence-corrected chi connectivity index (χ2v) is 4.77. The molecule has 0 saturated heterocycles. The van der Waals surface area contributed by atoms with Crippen molar-refractivity contribution in [2.24, 2.45) is 0 Å². The highest BCUT2D eigenvalue weighted by atomic mass is 16.5. The van der Waals surface area contributed by atoms with Crippen LogP contribution in [-0.4, -0.2) is 22.1 Å². The zero-order chi connectivity index (χ0) is 16.3. The van der Waals surface area contributed by atoms with Crippen molar-refractivity contribution >= 4 is 11.8 Å². The Balaban J connectivity index is 2.51. The van der Waals surface area contributed by atoms with Gasteiger partial charge in [-0.25, -0.2) is 9.97 Å². The number of nitrogen functional groups attached to an aromatic ring is 2. The fourth-order valence-corrected chi connectivity index (χ4v) is 1.82. The molecule has 0 aliphatic rings. The fourth-order valence-electron chi connectivity index (χ4n) is 1.82. The van der Waals surface area contributed by atoms with Gasteiger partial charge in [0.2, 0.25) is 11.8 Å². The molecule has 0 spiro atoms. The van der Waals surface area contributed by atoms with Gasteiger partial charge in [-0.15, -0.1) is 0 Å². The third kappa shape index (κ3) is 2.98. The van der Waals surface area contributed by atoms with E-state index in [1.807, 2.05) is 19.9 Å². The zero-order valence-electron chi connectivity index (χ0n) is 12.5. The van der Waals surface area contributed by atoms with Gasteiger partial charge in [-0.1, -0.05) is 13.8 Å². The van der Waals surface area contributed by atoms with Crippen LogP contribution in [0.15, 0.2) is 12.3 Å². The maximum absolute atomic E-state index is 9.17. The summed E-state index contributed by atoms with van der Waals surface area (Å²) < 4.78 is 10.8. The van der Waals surface area contributed by atoms with E-state index in [0.29, 0.717) is 11.4 Å². The highest BCUT2D eigenvalue weighted by Gasteiger charge is 2.18. The number of aromatic nitrogens is 3. The highest BCUT2D eigenvalue weighted by Crippen LogP contribution is 2.34. The number of rotatable bonds is 4. The minimum Gasteiger partial charge on any atom is -0.480 e. The Bertz CT molecular complexity index is 739. The molecule has 2 aromatic heterocycles. The summed E-state index contributed by atoms with van der Waals surface area (Å²) in [5.41, 5.74) is 12.1. The average Bonchev–Trinajstić information content (AvgIpc) is 2.49. The molecule has 4 N–H and O–H groups in total. The minimum atomic E-state index is 0.0487. The van der Waals surface area contributed by atoms with Crippen LogP contribution in [0.3, 0.4) is 0 Å². The van der Waals surface area contributed by atoms with Crippen LogP contribution >= 0.6 is 0 Å². The van der Waals surface area contributed by atoms with Gasteiger partial charge in [0.05, 0.1) is 19.0 Å². The molecule has 0 bridgehead atoms. The molecule has 2 aromatic rings. The summed E-state index contributed by atoms with van der Waals surface area (Å²) in [4.78, 5) is 12.0. The number of ether oxygens (including phenoxy) is 2. The normalized spacial score (nSPS) is 10.3. The van der Waals surface area contributed by atoms with Gasteiger partial charge < -0.3 is 20.9 Å². The van der Waals surface area contributed by atoms with Gasteiger partial charge in [-0.05, 0) is 5.92 Å². The van der Waals surface area contributed by atoms with Crippen LogP contribution in [0.25, 0.3) is 0 Å². The van der Waals surface area contributed by atoms with Crippen molar-refractivity contribution in [1.82, 2.24) is 15.0 Å². The molecule has 0 aromatic carbocycles. The van der Waals surface area contributed by atoms with Crippen LogP contribution < -0.4 is 20.9 Å². The van der Waals surface area contributed by atoms with Gasteiger partial charge in [0.1, 0.15) is 11.6 Å². The maximum Gasteiger partial charge on any atom is 0.231 e. The van der Waals surface area contributed by atoms with E-state index in [-0.39, 0.29) is 34.9 Å². The monoisotopic (exact) mass is 300 g/mol. The van der Waals surface area contributed by atoms with Crippen LogP contribution in [0.4, 0.5) is 11.8 Å². The van der Waals surface area contributed by atoms with Gasteiger partial charge >= 0.3 is 0 Å². The molecule has 2 rings (SSSR count). The number of nitriles is 1. The standard InChI is InChI=1S/C14H16N6O2/c1-7(2)11-9(4-8(5-15)13(19-11)21-3)22-10-6-18-14(17)20-12(10)16/h4,6-7H,1-3H3,(H4,16,17,18,20). The molecule has 8 nitrogen and oxygen atoms in total. The van der Waals surface area contributed by atoms with Crippen LogP contribution in [0, 0.1) is 11.3 Å². The molecule has 2 heterocycles. The van der Waals surface area contributed by atoms with Gasteiger partial charge in [-0.2, -0.15) is 10.2 Å². The molecule has 0 amide bonds. The molecule has 0 saturated carbocycles. The first-order valence-electron chi connectivity index (χ1n) is 6.51. The number of hydrogen-bond donors (Lipinski definition) is 2. The van der Waals surface area contributed by atoms with E-state index in [1.54, 1.807) is 6.07 Å². The van der Waals surface area contributed by atoms with Crippen molar-refractivity contribution in [2.75, 3.05) is 18.6 Å². The number of hydrogen-bond acceptors (Lipinski definition) is 8. The molecule has 0 radical (unpaired) electrons. The molecular formula is C14H16N6O2. The van der Waals surface area contributed by atoms with E-state index in [0.717, 1.165) is 0 Å². The number of pyridine rings is 1. The minimum absolute atomic E-state index is 0.0487. The van der Waals surface area contributed by atoms with E-state index in [9.17, 15) is 0 Å². The first-order valence-corrected chi connectivity index (χ1v) is 6.51. The third-order valence-corrected chi connectivity index (χ3v) is 2.86. The van der Waals surface area contributed by atoms with Crippen molar-refractivity contribution < 1.29 is 9.47 Å². The number of methoxy groups -OCH3 is 1. The lowest BCUT2D eigenvalue weighted by Crippen LogP contribution is -2.05. The Morgan fingerprint density at radius 2 is 1.95 bits per heavy atom. The summed E-state index contributed by atoms with van der Waals surface area (Å²) in [6, 6.07) is 3.57. The molecule has 0 unspecified atom stereocenters. The van der Waals surface area contributed by atoms with Crippen LogP contribution in [0.5, 0.6) is 17.4 Å². The second-order valence-electron chi connectivity index (χ2n) is 4.77. The summed E-state index contributed by atoms with van der Waals surface area (Å²) >= 11 is 0. The quantitative estimate of drug-likeness (QED) is 0.873. The number of nitrogens with zero attached hydrogens (tertiary/aromatic N) is 4. The molecule has 0 aliphatic carbocycles. The Labute approximate surface area is 127 Å². The van der Waals surface area contributed by atoms with E-state index >= 15 is 0 Å². The first-order chi connectivity index (χ1) is 10.5. The molecule has 0 aliphatic heterocycles. The summed E-state index contributed by atoms with van der Waals surface area (Å²) in [5, 5.41) is 9.17. The lowest BCUT2D eigenvalue weighted by molar-refractivity contribution is 0.389. The lowest BCUT2D eigenvalue weighted by atomic mass is 10.1. The molecule has 0 atom stereocenters.